The summed E-state index contributed by atoms with van der Waals surface area (Å²) in [6.07, 6.45) is 0. The molecule has 0 saturated carbocycles. The number of ether oxygens (including phenoxy) is 2. The minimum atomic E-state index is -0.500. The van der Waals surface area contributed by atoms with Crippen molar-refractivity contribution in [1.29, 1.82) is 0 Å². The molecule has 3 nitrogen and oxygen atoms in total. The summed E-state index contributed by atoms with van der Waals surface area (Å²) in [5.41, 5.74) is 1.30. The van der Waals surface area contributed by atoms with Crippen molar-refractivity contribution in [2.24, 2.45) is 0 Å². The Morgan fingerprint density at radius 1 is 1.24 bits per heavy atom. The first-order chi connectivity index (χ1) is 10.0. The van der Waals surface area contributed by atoms with Crippen LogP contribution in [-0.4, -0.2) is 12.9 Å². The van der Waals surface area contributed by atoms with Crippen molar-refractivity contribution in [2.45, 2.75) is 13.5 Å². The molecule has 0 fully saturated rings. The fourth-order valence-corrected chi connectivity index (χ4v) is 2.01. The molecule has 2 aromatic carbocycles. The molecule has 0 saturated heterocycles. The quantitative estimate of drug-likeness (QED) is 0.774. The van der Waals surface area contributed by atoms with Crippen LogP contribution in [0, 0.1) is 5.82 Å². The van der Waals surface area contributed by atoms with Gasteiger partial charge >= 0.3 is 0 Å². The lowest BCUT2D eigenvalue weighted by atomic mass is 10.1. The van der Waals surface area contributed by atoms with Gasteiger partial charge in [-0.05, 0) is 37.3 Å². The second-order valence-corrected chi connectivity index (χ2v) is 4.85. The Bertz CT molecular complexity index is 671. The maximum atomic E-state index is 13.1. The van der Waals surface area contributed by atoms with Crippen LogP contribution in [0.2, 0.25) is 5.02 Å². The third-order valence-corrected chi connectivity index (χ3v) is 3.26. The number of methoxy groups -OCH3 is 1. The zero-order chi connectivity index (χ0) is 15.4. The molecule has 110 valence electrons. The van der Waals surface area contributed by atoms with Gasteiger partial charge in [-0.2, -0.15) is 0 Å². The molecule has 0 aliphatic carbocycles. The van der Waals surface area contributed by atoms with Crippen LogP contribution in [0.5, 0.6) is 11.5 Å². The Balaban J connectivity index is 2.19. The van der Waals surface area contributed by atoms with Crippen molar-refractivity contribution in [1.82, 2.24) is 0 Å². The zero-order valence-corrected chi connectivity index (χ0v) is 12.4. The van der Waals surface area contributed by atoms with E-state index in [-0.39, 0.29) is 17.4 Å². The van der Waals surface area contributed by atoms with Gasteiger partial charge in [0.15, 0.2) is 5.78 Å². The minimum Gasteiger partial charge on any atom is -0.496 e. The average molecular weight is 309 g/mol. The van der Waals surface area contributed by atoms with E-state index in [4.69, 9.17) is 21.1 Å². The first kappa shape index (κ1) is 15.3. The second-order valence-electron chi connectivity index (χ2n) is 4.45. The van der Waals surface area contributed by atoms with Gasteiger partial charge in [0.25, 0.3) is 0 Å². The summed E-state index contributed by atoms with van der Waals surface area (Å²) in [6, 6.07) is 9.25. The Hall–Kier alpha value is -2.07. The van der Waals surface area contributed by atoms with Gasteiger partial charge in [0.1, 0.15) is 23.9 Å². The highest BCUT2D eigenvalue weighted by Crippen LogP contribution is 2.25. The topological polar surface area (TPSA) is 35.5 Å². The minimum absolute atomic E-state index is 0.00282. The van der Waals surface area contributed by atoms with E-state index < -0.39 is 5.82 Å². The predicted molar refractivity (Wildman–Crippen MR) is 78.7 cm³/mol. The van der Waals surface area contributed by atoms with Gasteiger partial charge in [-0.1, -0.05) is 11.6 Å². The summed E-state index contributed by atoms with van der Waals surface area (Å²) in [4.78, 5) is 11.4. The van der Waals surface area contributed by atoms with Crippen LogP contribution in [0.3, 0.4) is 0 Å². The normalized spacial score (nSPS) is 10.3. The largest absolute Gasteiger partial charge is 0.496 e. The van der Waals surface area contributed by atoms with Gasteiger partial charge in [-0.3, -0.25) is 4.79 Å². The summed E-state index contributed by atoms with van der Waals surface area (Å²) in [6.45, 7) is 1.68. The molecule has 0 amide bonds. The smallest absolute Gasteiger partial charge is 0.159 e. The van der Waals surface area contributed by atoms with E-state index in [9.17, 15) is 9.18 Å². The summed E-state index contributed by atoms with van der Waals surface area (Å²) >= 11 is 5.70. The second kappa shape index (κ2) is 6.59. The number of carbonyl (C=O) groups is 1. The van der Waals surface area contributed by atoms with Gasteiger partial charge in [0.05, 0.1) is 12.1 Å². The highest BCUT2D eigenvalue weighted by atomic mass is 35.5. The number of rotatable bonds is 5. The lowest BCUT2D eigenvalue weighted by Gasteiger charge is -2.11. The van der Waals surface area contributed by atoms with Gasteiger partial charge in [-0.15, -0.1) is 0 Å². The molecule has 0 aliphatic heterocycles. The van der Waals surface area contributed by atoms with E-state index in [2.05, 4.69) is 0 Å². The number of hydrogen-bond donors (Lipinski definition) is 0. The number of carbonyl (C=O) groups excluding carboxylic acids is 1. The van der Waals surface area contributed by atoms with Crippen molar-refractivity contribution in [2.75, 3.05) is 7.11 Å². The fourth-order valence-electron chi connectivity index (χ4n) is 1.84. The van der Waals surface area contributed by atoms with Gasteiger partial charge in [0.2, 0.25) is 0 Å². The Kier molecular flexibility index (Phi) is 4.81. The van der Waals surface area contributed by atoms with Crippen LogP contribution in [0.4, 0.5) is 4.39 Å². The van der Waals surface area contributed by atoms with Crippen molar-refractivity contribution >= 4 is 17.4 Å². The third kappa shape index (κ3) is 3.73. The molecule has 21 heavy (non-hydrogen) atoms. The highest BCUT2D eigenvalue weighted by molar-refractivity contribution is 6.30. The number of halogens is 2. The van der Waals surface area contributed by atoms with Crippen LogP contribution >= 0.6 is 11.6 Å². The molecule has 0 radical (unpaired) electrons. The predicted octanol–water partition coefficient (Wildman–Crippen LogP) is 4.27. The van der Waals surface area contributed by atoms with Crippen molar-refractivity contribution in [3.63, 3.8) is 0 Å². The monoisotopic (exact) mass is 308 g/mol. The number of hydrogen-bond acceptors (Lipinski definition) is 3. The molecule has 0 bridgehead atoms. The van der Waals surface area contributed by atoms with E-state index in [0.29, 0.717) is 17.1 Å². The van der Waals surface area contributed by atoms with E-state index in [1.54, 1.807) is 25.3 Å². The van der Waals surface area contributed by atoms with Crippen molar-refractivity contribution in [3.05, 3.63) is 58.4 Å². The molecule has 5 heteroatoms. The van der Waals surface area contributed by atoms with Crippen LogP contribution in [-0.2, 0) is 6.61 Å². The molecular weight excluding hydrogens is 295 g/mol. The van der Waals surface area contributed by atoms with E-state index in [1.807, 2.05) is 0 Å². The maximum absolute atomic E-state index is 13.1. The van der Waals surface area contributed by atoms with Gasteiger partial charge in [0, 0.05) is 17.2 Å². The first-order valence-electron chi connectivity index (χ1n) is 6.27. The lowest BCUT2D eigenvalue weighted by molar-refractivity contribution is 0.101. The van der Waals surface area contributed by atoms with Crippen LogP contribution < -0.4 is 9.47 Å². The molecule has 0 aromatic heterocycles. The summed E-state index contributed by atoms with van der Waals surface area (Å²) in [7, 11) is 1.54. The molecule has 0 atom stereocenters. The maximum Gasteiger partial charge on any atom is 0.159 e. The van der Waals surface area contributed by atoms with Crippen LogP contribution in [0.25, 0.3) is 0 Å². The van der Waals surface area contributed by atoms with Crippen molar-refractivity contribution < 1.29 is 18.7 Å². The zero-order valence-electron chi connectivity index (χ0n) is 11.7. The Labute approximate surface area is 127 Å². The summed E-state index contributed by atoms with van der Waals surface area (Å²) in [5, 5.41) is -0.00282. The molecule has 2 rings (SSSR count). The van der Waals surface area contributed by atoms with Crippen LogP contribution in [0.15, 0.2) is 36.4 Å². The van der Waals surface area contributed by atoms with Gasteiger partial charge in [-0.25, -0.2) is 4.39 Å². The first-order valence-corrected chi connectivity index (χ1v) is 6.64. The van der Waals surface area contributed by atoms with Gasteiger partial charge < -0.3 is 9.47 Å². The molecule has 0 heterocycles. The summed E-state index contributed by atoms with van der Waals surface area (Å²) < 4.78 is 23.9. The van der Waals surface area contributed by atoms with E-state index in [0.717, 1.165) is 5.56 Å². The summed E-state index contributed by atoms with van der Waals surface area (Å²) in [5.74, 6) is 0.522. The molecule has 0 spiro atoms. The molecular formula is C16H14ClFO3. The molecule has 0 aliphatic rings. The molecule has 0 unspecified atom stereocenters. The van der Waals surface area contributed by atoms with E-state index in [1.165, 1.54) is 25.1 Å². The lowest BCUT2D eigenvalue weighted by Crippen LogP contribution is -2.02. The highest BCUT2D eigenvalue weighted by Gasteiger charge is 2.09. The molecule has 2 aromatic rings. The fraction of sp³-hybridized carbons (Fsp3) is 0.188. The third-order valence-electron chi connectivity index (χ3n) is 2.97. The molecule has 0 N–H and O–H groups in total. The Morgan fingerprint density at radius 3 is 2.62 bits per heavy atom. The number of ketones is 1. The standard InChI is InChI=1S/C16H14ClFO3/c1-10(19)11-3-6-16(20-2)12(7-11)9-21-13-4-5-15(18)14(17)8-13/h3-8H,9H2,1-2H3. The van der Waals surface area contributed by atoms with Crippen LogP contribution in [0.1, 0.15) is 22.8 Å². The number of benzene rings is 2. The Morgan fingerprint density at radius 2 is 2.00 bits per heavy atom. The number of Topliss-reactive ketones (excluding diaryl/α,β-unsaturated/α-hetero) is 1. The average Bonchev–Trinajstić information content (AvgIpc) is 2.48. The van der Waals surface area contributed by atoms with Crippen molar-refractivity contribution in [3.8, 4) is 11.5 Å². The van der Waals surface area contributed by atoms with E-state index >= 15 is 0 Å². The SMILES string of the molecule is COc1ccc(C(C)=O)cc1COc1ccc(F)c(Cl)c1.